The summed E-state index contributed by atoms with van der Waals surface area (Å²) in [6.45, 7) is 14.9. The fourth-order valence-electron chi connectivity index (χ4n) is 4.15. The number of unbranched alkanes of at least 4 members (excludes halogenated alkanes) is 7. The smallest absolute Gasteiger partial charge is 0.00106 e. The van der Waals surface area contributed by atoms with Crippen molar-refractivity contribution in [2.75, 3.05) is 39.3 Å². The van der Waals surface area contributed by atoms with Crippen LogP contribution in [0.4, 0.5) is 0 Å². The summed E-state index contributed by atoms with van der Waals surface area (Å²) in [6, 6.07) is 0. The highest BCUT2D eigenvalue weighted by atomic mass is 15.1. The Balaban J connectivity index is 2.00. The molecule has 0 atom stereocenters. The fraction of sp³-hybridized carbons (Fsp3) is 1.00. The van der Waals surface area contributed by atoms with Gasteiger partial charge in [-0.2, -0.15) is 0 Å². The van der Waals surface area contributed by atoms with E-state index in [4.69, 9.17) is 0 Å². The van der Waals surface area contributed by atoms with Gasteiger partial charge in [0, 0.05) is 6.54 Å². The van der Waals surface area contributed by atoms with Crippen LogP contribution in [-0.2, 0) is 0 Å². The SMILES string of the molecule is CCCCCCCCCCN1CCC(CN(CCC)CCC)CC1. The first-order valence-corrected chi connectivity index (χ1v) is 11.2. The summed E-state index contributed by atoms with van der Waals surface area (Å²) in [4.78, 5) is 5.44. The zero-order valence-electron chi connectivity index (χ0n) is 17.2. The minimum atomic E-state index is 0.956. The average Bonchev–Trinajstić information content (AvgIpc) is 2.59. The number of rotatable bonds is 15. The van der Waals surface area contributed by atoms with E-state index >= 15 is 0 Å². The largest absolute Gasteiger partial charge is 0.303 e. The first-order valence-electron chi connectivity index (χ1n) is 11.2. The molecule has 0 bridgehead atoms. The third-order valence-electron chi connectivity index (χ3n) is 5.63. The van der Waals surface area contributed by atoms with Gasteiger partial charge in [0.2, 0.25) is 0 Å². The van der Waals surface area contributed by atoms with Crippen LogP contribution in [0.5, 0.6) is 0 Å². The van der Waals surface area contributed by atoms with Crippen LogP contribution < -0.4 is 0 Å². The second kappa shape index (κ2) is 15.2. The van der Waals surface area contributed by atoms with E-state index in [0.717, 1.165) is 5.92 Å². The minimum Gasteiger partial charge on any atom is -0.303 e. The van der Waals surface area contributed by atoms with Crippen LogP contribution in [0.25, 0.3) is 0 Å². The third kappa shape index (κ3) is 10.7. The highest BCUT2D eigenvalue weighted by molar-refractivity contribution is 4.75. The fourth-order valence-corrected chi connectivity index (χ4v) is 4.15. The van der Waals surface area contributed by atoms with Crippen molar-refractivity contribution in [2.24, 2.45) is 5.92 Å². The van der Waals surface area contributed by atoms with Crippen molar-refractivity contribution in [3.63, 3.8) is 0 Å². The lowest BCUT2D eigenvalue weighted by Crippen LogP contribution is -2.39. The molecule has 0 aromatic heterocycles. The predicted molar refractivity (Wildman–Crippen MR) is 109 cm³/mol. The van der Waals surface area contributed by atoms with Gasteiger partial charge in [-0.1, -0.05) is 65.7 Å². The second-order valence-electron chi connectivity index (χ2n) is 8.06. The van der Waals surface area contributed by atoms with Crippen LogP contribution in [-0.4, -0.2) is 49.1 Å². The Morgan fingerprint density at radius 3 is 1.79 bits per heavy atom. The Morgan fingerprint density at radius 2 is 1.25 bits per heavy atom. The highest BCUT2D eigenvalue weighted by Crippen LogP contribution is 2.19. The molecule has 1 saturated heterocycles. The Bertz CT molecular complexity index is 253. The van der Waals surface area contributed by atoms with Gasteiger partial charge in [-0.15, -0.1) is 0 Å². The number of hydrogen-bond donors (Lipinski definition) is 0. The molecule has 1 aliphatic rings. The molecule has 1 rings (SSSR count). The van der Waals surface area contributed by atoms with E-state index in [-0.39, 0.29) is 0 Å². The summed E-state index contributed by atoms with van der Waals surface area (Å²) in [5.41, 5.74) is 0. The number of hydrogen-bond acceptors (Lipinski definition) is 2. The van der Waals surface area contributed by atoms with Crippen molar-refractivity contribution in [1.29, 1.82) is 0 Å². The van der Waals surface area contributed by atoms with Crippen molar-refractivity contribution in [1.82, 2.24) is 9.80 Å². The first-order chi connectivity index (χ1) is 11.8. The van der Waals surface area contributed by atoms with Crippen LogP contribution in [0.1, 0.15) is 97.8 Å². The molecule has 144 valence electrons. The van der Waals surface area contributed by atoms with E-state index in [1.807, 2.05) is 0 Å². The van der Waals surface area contributed by atoms with Gasteiger partial charge >= 0.3 is 0 Å². The molecule has 0 N–H and O–H groups in total. The Hall–Kier alpha value is -0.0800. The monoisotopic (exact) mass is 338 g/mol. The van der Waals surface area contributed by atoms with Gasteiger partial charge < -0.3 is 9.80 Å². The molecule has 2 heteroatoms. The summed E-state index contributed by atoms with van der Waals surface area (Å²) in [5, 5.41) is 0. The number of likely N-dealkylation sites (tertiary alicyclic amines) is 1. The molecular weight excluding hydrogens is 292 g/mol. The van der Waals surface area contributed by atoms with Crippen molar-refractivity contribution in [3.05, 3.63) is 0 Å². The predicted octanol–water partition coefficient (Wildman–Crippen LogP) is 5.96. The number of piperidine rings is 1. The van der Waals surface area contributed by atoms with Crippen molar-refractivity contribution < 1.29 is 0 Å². The quantitative estimate of drug-likeness (QED) is 0.340. The second-order valence-corrected chi connectivity index (χ2v) is 8.06. The molecule has 0 radical (unpaired) electrons. The first kappa shape index (κ1) is 22.0. The van der Waals surface area contributed by atoms with E-state index in [2.05, 4.69) is 30.6 Å². The summed E-state index contributed by atoms with van der Waals surface area (Å²) < 4.78 is 0. The Kier molecular flexibility index (Phi) is 13.9. The van der Waals surface area contributed by atoms with Crippen LogP contribution >= 0.6 is 0 Å². The molecule has 2 nitrogen and oxygen atoms in total. The van der Waals surface area contributed by atoms with E-state index in [9.17, 15) is 0 Å². The van der Waals surface area contributed by atoms with Gasteiger partial charge in [-0.25, -0.2) is 0 Å². The lowest BCUT2D eigenvalue weighted by molar-refractivity contribution is 0.141. The van der Waals surface area contributed by atoms with E-state index in [1.54, 1.807) is 0 Å². The van der Waals surface area contributed by atoms with Crippen LogP contribution in [0.3, 0.4) is 0 Å². The maximum atomic E-state index is 2.73. The van der Waals surface area contributed by atoms with Gasteiger partial charge in [0.05, 0.1) is 0 Å². The number of nitrogens with zero attached hydrogens (tertiary/aromatic N) is 2. The van der Waals surface area contributed by atoms with E-state index in [0.29, 0.717) is 0 Å². The van der Waals surface area contributed by atoms with Crippen LogP contribution in [0.15, 0.2) is 0 Å². The van der Waals surface area contributed by atoms with Crippen LogP contribution in [0.2, 0.25) is 0 Å². The minimum absolute atomic E-state index is 0.956. The van der Waals surface area contributed by atoms with E-state index in [1.165, 1.54) is 116 Å². The van der Waals surface area contributed by atoms with Crippen molar-refractivity contribution >= 4 is 0 Å². The molecule has 0 unspecified atom stereocenters. The molecule has 1 heterocycles. The lowest BCUT2D eigenvalue weighted by Gasteiger charge is -2.35. The molecule has 0 aromatic carbocycles. The summed E-state index contributed by atoms with van der Waals surface area (Å²) >= 11 is 0. The lowest BCUT2D eigenvalue weighted by atomic mass is 9.95. The third-order valence-corrected chi connectivity index (χ3v) is 5.63. The van der Waals surface area contributed by atoms with Gasteiger partial charge in [-0.05, 0) is 70.7 Å². The van der Waals surface area contributed by atoms with Gasteiger partial charge in [0.15, 0.2) is 0 Å². The molecule has 0 aromatic rings. The molecule has 0 amide bonds. The summed E-state index contributed by atoms with van der Waals surface area (Å²) in [6.07, 6.45) is 17.0. The zero-order chi connectivity index (χ0) is 17.5. The maximum Gasteiger partial charge on any atom is 0.00106 e. The van der Waals surface area contributed by atoms with Crippen molar-refractivity contribution in [2.45, 2.75) is 97.8 Å². The summed E-state index contributed by atoms with van der Waals surface area (Å²) in [5.74, 6) is 0.956. The normalized spacial score (nSPS) is 17.0. The molecular formula is C22H46N2. The van der Waals surface area contributed by atoms with Crippen molar-refractivity contribution in [3.8, 4) is 0 Å². The topological polar surface area (TPSA) is 6.48 Å². The molecule has 0 saturated carbocycles. The highest BCUT2D eigenvalue weighted by Gasteiger charge is 2.20. The molecule has 0 aliphatic carbocycles. The molecule has 1 aliphatic heterocycles. The van der Waals surface area contributed by atoms with Gasteiger partial charge in [0.1, 0.15) is 0 Å². The maximum absolute atomic E-state index is 2.73. The van der Waals surface area contributed by atoms with Gasteiger partial charge in [-0.3, -0.25) is 0 Å². The molecule has 0 spiro atoms. The van der Waals surface area contributed by atoms with Gasteiger partial charge in [0.25, 0.3) is 0 Å². The molecule has 1 fully saturated rings. The standard InChI is InChI=1S/C22H46N2/c1-4-7-8-9-10-11-12-13-18-23-19-14-22(15-20-23)21-24(16-5-2)17-6-3/h22H,4-21H2,1-3H3. The Morgan fingerprint density at radius 1 is 0.708 bits per heavy atom. The average molecular weight is 339 g/mol. The molecule has 24 heavy (non-hydrogen) atoms. The zero-order valence-corrected chi connectivity index (χ0v) is 17.2. The Labute approximate surface area is 153 Å². The summed E-state index contributed by atoms with van der Waals surface area (Å²) in [7, 11) is 0. The van der Waals surface area contributed by atoms with E-state index < -0.39 is 0 Å². The van der Waals surface area contributed by atoms with Crippen LogP contribution in [0, 0.1) is 5.92 Å².